The van der Waals surface area contributed by atoms with Crippen LogP contribution in [0, 0.1) is 0 Å². The maximum Gasteiger partial charge on any atom is 0.338 e. The highest BCUT2D eigenvalue weighted by molar-refractivity contribution is 5.97. The van der Waals surface area contributed by atoms with E-state index in [2.05, 4.69) is 13.2 Å². The predicted octanol–water partition coefficient (Wildman–Crippen LogP) is 5.59. The minimum Gasteiger partial charge on any atom is -0.487 e. The van der Waals surface area contributed by atoms with Crippen LogP contribution in [0.15, 0.2) is 98.1 Å². The minimum absolute atomic E-state index is 0.117. The second-order valence-corrected chi connectivity index (χ2v) is 10.6. The van der Waals surface area contributed by atoms with Crippen LogP contribution in [0.1, 0.15) is 27.6 Å². The zero-order valence-electron chi connectivity index (χ0n) is 24.0. The van der Waals surface area contributed by atoms with Gasteiger partial charge < -0.3 is 28.4 Å². The maximum atomic E-state index is 13.0. The van der Waals surface area contributed by atoms with Crippen molar-refractivity contribution in [2.24, 2.45) is 0 Å². The van der Waals surface area contributed by atoms with E-state index < -0.39 is 42.3 Å². The van der Waals surface area contributed by atoms with Crippen LogP contribution in [-0.4, -0.2) is 61.6 Å². The van der Waals surface area contributed by atoms with Crippen LogP contribution in [0.4, 0.5) is 0 Å². The molecule has 224 valence electrons. The summed E-state index contributed by atoms with van der Waals surface area (Å²) in [4.78, 5) is 37.5. The molecule has 0 saturated carbocycles. The van der Waals surface area contributed by atoms with Gasteiger partial charge in [-0.25, -0.2) is 14.4 Å². The standard InChI is InChI=1S/C35H30O9/c1-4-20(3)41-27-12-10-21-14-25(8-6-23(21)16-27)34(37)43-29-18-39-33-30(19-40-32(29)33)44-35(38)26-9-7-24-17-28(42-31(36)5-2)13-11-22(24)15-26/h4-17,20,29-30,32-33H,1-2,18-19H2,3H3/t20?,29-,30+,32+,33+/m0/s1. The number of esters is 3. The van der Waals surface area contributed by atoms with Crippen LogP contribution in [0.25, 0.3) is 21.5 Å². The molecule has 44 heavy (non-hydrogen) atoms. The maximum absolute atomic E-state index is 13.0. The molecule has 0 radical (unpaired) electrons. The van der Waals surface area contributed by atoms with Gasteiger partial charge in [0.15, 0.2) is 12.2 Å². The van der Waals surface area contributed by atoms with Gasteiger partial charge in [0.1, 0.15) is 29.8 Å². The molecule has 2 saturated heterocycles. The number of rotatable bonds is 9. The summed E-state index contributed by atoms with van der Waals surface area (Å²) in [5, 5.41) is 3.35. The van der Waals surface area contributed by atoms with Gasteiger partial charge in [-0.3, -0.25) is 0 Å². The Morgan fingerprint density at radius 1 is 0.727 bits per heavy atom. The van der Waals surface area contributed by atoms with E-state index >= 15 is 0 Å². The number of fused-ring (bicyclic) bond motifs is 3. The van der Waals surface area contributed by atoms with Crippen LogP contribution in [0.5, 0.6) is 11.5 Å². The summed E-state index contributed by atoms with van der Waals surface area (Å²) in [6, 6.07) is 21.1. The van der Waals surface area contributed by atoms with Gasteiger partial charge in [0.05, 0.1) is 24.3 Å². The van der Waals surface area contributed by atoms with Crippen LogP contribution in [-0.2, 0) is 23.7 Å². The molecule has 2 aliphatic rings. The lowest BCUT2D eigenvalue weighted by Crippen LogP contribution is -2.36. The summed E-state index contributed by atoms with van der Waals surface area (Å²) < 4.78 is 34.2. The Hall–Kier alpha value is -4.99. The zero-order chi connectivity index (χ0) is 30.8. The van der Waals surface area contributed by atoms with Gasteiger partial charge >= 0.3 is 17.9 Å². The van der Waals surface area contributed by atoms with Gasteiger partial charge in [0, 0.05) is 6.08 Å². The molecule has 2 heterocycles. The number of hydrogen-bond acceptors (Lipinski definition) is 9. The van der Waals surface area contributed by atoms with Crippen LogP contribution < -0.4 is 9.47 Å². The highest BCUT2D eigenvalue weighted by Crippen LogP contribution is 2.32. The summed E-state index contributed by atoms with van der Waals surface area (Å²) >= 11 is 0. The highest BCUT2D eigenvalue weighted by atomic mass is 16.7. The van der Waals surface area contributed by atoms with Crippen molar-refractivity contribution in [2.75, 3.05) is 13.2 Å². The Labute approximate surface area is 253 Å². The quantitative estimate of drug-likeness (QED) is 0.106. The molecule has 9 nitrogen and oxygen atoms in total. The van der Waals surface area contributed by atoms with Gasteiger partial charge in [0.25, 0.3) is 0 Å². The first kappa shape index (κ1) is 29.1. The first-order valence-corrected chi connectivity index (χ1v) is 14.2. The van der Waals surface area contributed by atoms with Crippen molar-refractivity contribution in [3.63, 3.8) is 0 Å². The normalized spacial score (nSPS) is 21.3. The molecule has 4 aromatic carbocycles. The van der Waals surface area contributed by atoms with Gasteiger partial charge in [-0.05, 0) is 77.0 Å². The second-order valence-electron chi connectivity index (χ2n) is 10.6. The third kappa shape index (κ3) is 6.06. The number of ether oxygens (including phenoxy) is 6. The summed E-state index contributed by atoms with van der Waals surface area (Å²) in [6.45, 7) is 9.27. The van der Waals surface area contributed by atoms with E-state index in [1.165, 1.54) is 0 Å². The SMILES string of the molecule is C=CC(=O)Oc1ccc2cc(C(=O)O[C@@H]3CO[C@H]4[C@@H]3OC[C@@H]4OC(=O)c3ccc4cc(OC(C)C=C)ccc4c3)ccc2c1. The molecule has 4 aromatic rings. The van der Waals surface area contributed by atoms with Gasteiger partial charge in [0.2, 0.25) is 0 Å². The van der Waals surface area contributed by atoms with Gasteiger partial charge in [-0.1, -0.05) is 43.5 Å². The lowest BCUT2D eigenvalue weighted by atomic mass is 10.1. The van der Waals surface area contributed by atoms with Crippen molar-refractivity contribution in [2.45, 2.75) is 37.4 Å². The second kappa shape index (κ2) is 12.3. The van der Waals surface area contributed by atoms with Crippen LogP contribution >= 0.6 is 0 Å². The molecule has 0 aliphatic carbocycles. The fraction of sp³-hybridized carbons (Fsp3) is 0.229. The first-order chi connectivity index (χ1) is 21.3. The topological polar surface area (TPSA) is 107 Å². The van der Waals surface area contributed by atoms with E-state index in [4.69, 9.17) is 28.4 Å². The molecule has 2 fully saturated rings. The molecular weight excluding hydrogens is 564 g/mol. The molecule has 0 spiro atoms. The first-order valence-electron chi connectivity index (χ1n) is 14.2. The fourth-order valence-corrected chi connectivity index (χ4v) is 5.30. The molecule has 6 rings (SSSR count). The fourth-order valence-electron chi connectivity index (χ4n) is 5.30. The van der Waals surface area contributed by atoms with Crippen LogP contribution in [0.3, 0.4) is 0 Å². The van der Waals surface area contributed by atoms with E-state index in [1.807, 2.05) is 31.2 Å². The predicted molar refractivity (Wildman–Crippen MR) is 162 cm³/mol. The number of carbonyl (C=O) groups is 3. The molecule has 1 unspecified atom stereocenters. The molecule has 0 bridgehead atoms. The average molecular weight is 595 g/mol. The van der Waals surface area contributed by atoms with Crippen molar-refractivity contribution in [3.05, 3.63) is 109 Å². The summed E-state index contributed by atoms with van der Waals surface area (Å²) in [5.74, 6) is -0.494. The summed E-state index contributed by atoms with van der Waals surface area (Å²) in [7, 11) is 0. The Morgan fingerprint density at radius 2 is 1.20 bits per heavy atom. The highest BCUT2D eigenvalue weighted by Gasteiger charge is 2.51. The number of benzene rings is 4. The van der Waals surface area contributed by atoms with Crippen molar-refractivity contribution >= 4 is 39.5 Å². The Kier molecular flexibility index (Phi) is 8.15. The van der Waals surface area contributed by atoms with Crippen LogP contribution in [0.2, 0.25) is 0 Å². The Morgan fingerprint density at radius 3 is 1.73 bits per heavy atom. The van der Waals surface area contributed by atoms with E-state index in [0.29, 0.717) is 22.6 Å². The van der Waals surface area contributed by atoms with Gasteiger partial charge in [-0.15, -0.1) is 0 Å². The smallest absolute Gasteiger partial charge is 0.338 e. The largest absolute Gasteiger partial charge is 0.487 e. The van der Waals surface area contributed by atoms with E-state index in [1.54, 1.807) is 54.6 Å². The van der Waals surface area contributed by atoms with E-state index in [-0.39, 0.29) is 19.3 Å². The summed E-state index contributed by atoms with van der Waals surface area (Å²) in [6.07, 6.45) is 0.260. The van der Waals surface area contributed by atoms with E-state index in [0.717, 1.165) is 27.6 Å². The minimum atomic E-state index is -0.659. The van der Waals surface area contributed by atoms with E-state index in [9.17, 15) is 14.4 Å². The average Bonchev–Trinajstić information content (AvgIpc) is 3.63. The lowest BCUT2D eigenvalue weighted by molar-refractivity contribution is -0.128. The molecule has 0 aromatic heterocycles. The van der Waals surface area contributed by atoms with Crippen molar-refractivity contribution < 1.29 is 42.8 Å². The Balaban J connectivity index is 1.07. The molecule has 2 aliphatic heterocycles. The molecule has 0 N–H and O–H groups in total. The number of carbonyl (C=O) groups excluding carboxylic acids is 3. The van der Waals surface area contributed by atoms with Gasteiger partial charge in [-0.2, -0.15) is 0 Å². The van der Waals surface area contributed by atoms with Crippen molar-refractivity contribution in [1.82, 2.24) is 0 Å². The molecular formula is C35H30O9. The molecule has 9 heteroatoms. The van der Waals surface area contributed by atoms with Crippen molar-refractivity contribution in [1.29, 1.82) is 0 Å². The van der Waals surface area contributed by atoms with Crippen molar-refractivity contribution in [3.8, 4) is 11.5 Å². The zero-order valence-corrected chi connectivity index (χ0v) is 24.0. The summed E-state index contributed by atoms with van der Waals surface area (Å²) in [5.41, 5.74) is 0.750. The number of hydrogen-bond donors (Lipinski definition) is 0. The molecule has 0 amide bonds. The lowest BCUT2D eigenvalue weighted by Gasteiger charge is -2.17. The third-order valence-electron chi connectivity index (χ3n) is 7.61. The third-order valence-corrected chi connectivity index (χ3v) is 7.61. The molecule has 5 atom stereocenters. The Bertz CT molecular complexity index is 1780. The monoisotopic (exact) mass is 594 g/mol.